The maximum absolute atomic E-state index is 5.38. The second kappa shape index (κ2) is 6.49. The van der Waals surface area contributed by atoms with E-state index in [9.17, 15) is 0 Å². The van der Waals surface area contributed by atoms with Crippen LogP contribution in [0, 0.1) is 3.80 Å². The summed E-state index contributed by atoms with van der Waals surface area (Å²) in [5, 5.41) is 0. The normalized spacial score (nSPS) is 14.6. The van der Waals surface area contributed by atoms with Crippen LogP contribution in [-0.4, -0.2) is 15.2 Å². The van der Waals surface area contributed by atoms with Gasteiger partial charge < -0.3 is 5.73 Å². The maximum atomic E-state index is 5.38. The Hall–Kier alpha value is -0.922. The number of aromatic nitrogens is 2. The van der Waals surface area contributed by atoms with E-state index < -0.39 is 0 Å². The fourth-order valence-electron chi connectivity index (χ4n) is 1.96. The summed E-state index contributed by atoms with van der Waals surface area (Å²) in [7, 11) is 4.15. The van der Waals surface area contributed by atoms with Gasteiger partial charge in [0.05, 0.1) is 0 Å². The zero-order valence-corrected chi connectivity index (χ0v) is 13.7. The van der Waals surface area contributed by atoms with Gasteiger partial charge in [0.2, 0.25) is 0 Å². The quantitative estimate of drug-likeness (QED) is 0.730. The summed E-state index contributed by atoms with van der Waals surface area (Å²) >= 11 is 2.33. The summed E-state index contributed by atoms with van der Waals surface area (Å²) in [6, 6.07) is 11.0. The van der Waals surface area contributed by atoms with Crippen LogP contribution in [0.3, 0.4) is 0 Å². The first-order chi connectivity index (χ1) is 9.09. The standard InChI is InChI=1S/C11H12N2.C4H9N.Pt/c1-12-8-11(13(2)9-12)10-6-4-3-5-7-10;5-4-2-1-3-4;/h3-8H,1-2H3;4H,1-3,5H2;. The molecule has 4 heteroatoms. The van der Waals surface area contributed by atoms with Crippen molar-refractivity contribution < 1.29 is 19.4 Å². The smallest absolute Gasteiger partial charge is 0.00388 e. The summed E-state index contributed by atoms with van der Waals surface area (Å²) in [5.74, 6) is 0. The Labute approximate surface area is 125 Å². The molecule has 1 aliphatic carbocycles. The van der Waals surface area contributed by atoms with Gasteiger partial charge in [-0.25, -0.2) is 0 Å². The van der Waals surface area contributed by atoms with Crippen molar-refractivity contribution in [3.05, 3.63) is 40.3 Å². The summed E-state index contributed by atoms with van der Waals surface area (Å²) in [5.41, 5.74) is 7.88. The Morgan fingerprint density at radius 2 is 1.74 bits per heavy atom. The van der Waals surface area contributed by atoms with Crippen LogP contribution in [0.5, 0.6) is 0 Å². The predicted molar refractivity (Wildman–Crippen MR) is 74.9 cm³/mol. The van der Waals surface area contributed by atoms with Gasteiger partial charge in [0, 0.05) is 6.04 Å². The minimum atomic E-state index is 0.565. The van der Waals surface area contributed by atoms with Gasteiger partial charge in [0.1, 0.15) is 0 Å². The number of rotatable bonds is 1. The molecular weight excluding hydrogens is 417 g/mol. The van der Waals surface area contributed by atoms with E-state index in [4.69, 9.17) is 5.73 Å². The van der Waals surface area contributed by atoms with Crippen molar-refractivity contribution in [3.8, 4) is 11.3 Å². The number of aryl methyl sites for hydroxylation is 1. The first kappa shape index (κ1) is 14.5. The molecule has 0 saturated heterocycles. The van der Waals surface area contributed by atoms with Crippen molar-refractivity contribution in [1.82, 2.24) is 9.13 Å². The summed E-state index contributed by atoms with van der Waals surface area (Å²) in [6.07, 6.45) is 6.04. The molecule has 3 rings (SSSR count). The van der Waals surface area contributed by atoms with Gasteiger partial charge >= 0.3 is 94.2 Å². The minimum Gasteiger partial charge on any atom is -0.328 e. The third-order valence-corrected chi connectivity index (χ3v) is 4.99. The molecule has 1 heterocycles. The Morgan fingerprint density at radius 3 is 2.11 bits per heavy atom. The van der Waals surface area contributed by atoms with Crippen LogP contribution in [0.25, 0.3) is 11.3 Å². The Bertz CT molecular complexity index is 579. The third kappa shape index (κ3) is 3.55. The molecule has 0 radical (unpaired) electrons. The van der Waals surface area contributed by atoms with Crippen molar-refractivity contribution >= 4 is 0 Å². The van der Waals surface area contributed by atoms with Gasteiger partial charge in [-0.05, 0) is 12.8 Å². The van der Waals surface area contributed by atoms with E-state index in [0.717, 1.165) is 0 Å². The fourth-order valence-corrected chi connectivity index (χ4v) is 2.39. The molecule has 0 aliphatic heterocycles. The van der Waals surface area contributed by atoms with E-state index in [-0.39, 0.29) is 0 Å². The molecule has 0 amide bonds. The molecule has 0 spiro atoms. The molecule has 1 aliphatic rings. The molecule has 2 aromatic rings. The summed E-state index contributed by atoms with van der Waals surface area (Å²) in [4.78, 5) is 0. The average Bonchev–Trinajstić information content (AvgIpc) is 2.66. The van der Waals surface area contributed by atoms with E-state index >= 15 is 0 Å². The molecule has 3 nitrogen and oxygen atoms in total. The van der Waals surface area contributed by atoms with E-state index in [1.807, 2.05) is 6.07 Å². The number of imidazole rings is 1. The number of hydrogen-bond donors (Lipinski definition) is 1. The minimum absolute atomic E-state index is 0.565. The van der Waals surface area contributed by atoms with Crippen LogP contribution in [0.1, 0.15) is 19.3 Å². The Balaban J connectivity index is 0.000000224. The molecule has 1 aromatic heterocycles. The number of nitrogens with two attached hydrogens (primary N) is 1. The summed E-state index contributed by atoms with van der Waals surface area (Å²) in [6.45, 7) is 0. The SMILES string of the molecule is Cn1cc(-c2ccccc2)n(C)[c]1=[Pt].NC1CCC1. The van der Waals surface area contributed by atoms with Gasteiger partial charge in [0.15, 0.2) is 0 Å². The van der Waals surface area contributed by atoms with Gasteiger partial charge in [-0.2, -0.15) is 0 Å². The largest absolute Gasteiger partial charge is 0.328 e. The zero-order chi connectivity index (χ0) is 13.8. The van der Waals surface area contributed by atoms with Gasteiger partial charge in [0.25, 0.3) is 0 Å². The third-order valence-electron chi connectivity index (χ3n) is 3.42. The second-order valence-electron chi connectivity index (χ2n) is 4.98. The van der Waals surface area contributed by atoms with Gasteiger partial charge in [-0.1, -0.05) is 6.42 Å². The molecular formula is C15H21N3Pt. The van der Waals surface area contributed by atoms with Crippen molar-refractivity contribution in [2.45, 2.75) is 25.3 Å². The molecule has 19 heavy (non-hydrogen) atoms. The van der Waals surface area contributed by atoms with Crippen LogP contribution < -0.4 is 5.73 Å². The average molecular weight is 438 g/mol. The van der Waals surface area contributed by atoms with E-state index in [2.05, 4.69) is 73.0 Å². The van der Waals surface area contributed by atoms with E-state index in [1.54, 1.807) is 0 Å². The Morgan fingerprint density at radius 1 is 1.16 bits per heavy atom. The van der Waals surface area contributed by atoms with Crippen molar-refractivity contribution in [3.63, 3.8) is 0 Å². The number of nitrogens with zero attached hydrogens (tertiary/aromatic N) is 2. The van der Waals surface area contributed by atoms with Crippen LogP contribution >= 0.6 is 0 Å². The molecule has 1 aromatic carbocycles. The predicted octanol–water partition coefficient (Wildman–Crippen LogP) is 2.61. The van der Waals surface area contributed by atoms with Crippen LogP contribution in [0.2, 0.25) is 0 Å². The molecule has 0 atom stereocenters. The molecule has 1 fully saturated rings. The van der Waals surface area contributed by atoms with Crippen LogP contribution in [-0.2, 0) is 33.4 Å². The van der Waals surface area contributed by atoms with Crippen molar-refractivity contribution in [2.24, 2.45) is 19.8 Å². The first-order valence-electron chi connectivity index (χ1n) is 6.58. The topological polar surface area (TPSA) is 35.9 Å². The Kier molecular flexibility index (Phi) is 4.95. The van der Waals surface area contributed by atoms with Crippen LogP contribution in [0.4, 0.5) is 0 Å². The van der Waals surface area contributed by atoms with Crippen LogP contribution in [0.15, 0.2) is 36.5 Å². The molecule has 2 N–H and O–H groups in total. The van der Waals surface area contributed by atoms with Crippen molar-refractivity contribution in [2.75, 3.05) is 0 Å². The molecule has 106 valence electrons. The second-order valence-corrected chi connectivity index (χ2v) is 6.00. The molecule has 0 unspecified atom stereocenters. The monoisotopic (exact) mass is 438 g/mol. The van der Waals surface area contributed by atoms with E-state index in [1.165, 1.54) is 34.3 Å². The van der Waals surface area contributed by atoms with Gasteiger partial charge in [-0.3, -0.25) is 0 Å². The fraction of sp³-hybridized carbons (Fsp3) is 0.400. The number of hydrogen-bond acceptors (Lipinski definition) is 1. The maximum Gasteiger partial charge on any atom is 0.00388 e. The van der Waals surface area contributed by atoms with Crippen molar-refractivity contribution in [1.29, 1.82) is 0 Å². The van der Waals surface area contributed by atoms with Gasteiger partial charge in [-0.15, -0.1) is 0 Å². The first-order valence-corrected chi connectivity index (χ1v) is 7.72. The zero-order valence-electron chi connectivity index (χ0n) is 11.5. The molecule has 0 bridgehead atoms. The number of benzene rings is 1. The molecule has 1 saturated carbocycles. The van der Waals surface area contributed by atoms with E-state index in [0.29, 0.717) is 6.04 Å². The summed E-state index contributed by atoms with van der Waals surface area (Å²) < 4.78 is 5.55.